The highest BCUT2D eigenvalue weighted by atomic mass is 35.5. The number of amides is 1. The fourth-order valence-electron chi connectivity index (χ4n) is 2.14. The van der Waals surface area contributed by atoms with E-state index in [1.54, 1.807) is 11.8 Å². The molecule has 0 saturated carbocycles. The van der Waals surface area contributed by atoms with Crippen LogP contribution in [0, 0.1) is 6.92 Å². The minimum atomic E-state index is -0.0625. The fraction of sp³-hybridized carbons (Fsp3) is 0.105. The Bertz CT molecular complexity index is 825. The largest absolute Gasteiger partial charge is 0.321 e. The van der Waals surface area contributed by atoms with Crippen molar-refractivity contribution in [1.29, 1.82) is 0 Å². The first kappa shape index (κ1) is 17.1. The highest BCUT2D eigenvalue weighted by molar-refractivity contribution is 7.98. The van der Waals surface area contributed by atoms with Crippen molar-refractivity contribution >= 4 is 46.3 Å². The molecule has 0 bridgehead atoms. The molecule has 0 radical (unpaired) electrons. The summed E-state index contributed by atoms with van der Waals surface area (Å²) in [5, 5.41) is 5.64. The summed E-state index contributed by atoms with van der Waals surface area (Å²) in [4.78, 5) is 14.2. The third-order valence-corrected chi connectivity index (χ3v) is 5.88. The number of hydrogen-bond acceptors (Lipinski definition) is 3. The number of carbonyl (C=O) groups excluding carboxylic acids is 1. The Kier molecular flexibility index (Phi) is 5.61. The van der Waals surface area contributed by atoms with E-state index in [4.69, 9.17) is 11.6 Å². The van der Waals surface area contributed by atoms with Gasteiger partial charge in [-0.3, -0.25) is 4.79 Å². The summed E-state index contributed by atoms with van der Waals surface area (Å²) in [5.74, 6) is 0.742. The van der Waals surface area contributed by atoms with Crippen molar-refractivity contribution in [3.05, 3.63) is 81.0 Å². The third-order valence-electron chi connectivity index (χ3n) is 3.45. The van der Waals surface area contributed by atoms with Crippen molar-refractivity contribution < 1.29 is 4.79 Å². The van der Waals surface area contributed by atoms with Gasteiger partial charge in [0, 0.05) is 21.4 Å². The van der Waals surface area contributed by atoms with Crippen molar-refractivity contribution in [3.8, 4) is 0 Å². The van der Waals surface area contributed by atoms with Crippen LogP contribution in [-0.4, -0.2) is 5.91 Å². The SMILES string of the molecule is Cc1ccc(NC(=O)c2sccc2SCc2ccc(Cl)cc2)cc1. The molecule has 3 rings (SSSR count). The molecule has 2 aromatic carbocycles. The smallest absolute Gasteiger partial charge is 0.266 e. The average Bonchev–Trinajstić information content (AvgIpc) is 3.05. The highest BCUT2D eigenvalue weighted by Crippen LogP contribution is 2.31. The van der Waals surface area contributed by atoms with E-state index < -0.39 is 0 Å². The van der Waals surface area contributed by atoms with E-state index in [1.807, 2.05) is 66.9 Å². The lowest BCUT2D eigenvalue weighted by molar-refractivity contribution is 0.102. The van der Waals surface area contributed by atoms with Gasteiger partial charge in [0.25, 0.3) is 5.91 Å². The molecule has 24 heavy (non-hydrogen) atoms. The number of thioether (sulfide) groups is 1. The maximum atomic E-state index is 12.5. The fourth-order valence-corrected chi connectivity index (χ4v) is 4.26. The van der Waals surface area contributed by atoms with Gasteiger partial charge in [-0.1, -0.05) is 41.4 Å². The van der Waals surface area contributed by atoms with Crippen LogP contribution in [0.4, 0.5) is 5.69 Å². The maximum absolute atomic E-state index is 12.5. The summed E-state index contributed by atoms with van der Waals surface area (Å²) in [6.07, 6.45) is 0. The molecule has 0 atom stereocenters. The van der Waals surface area contributed by atoms with Crippen molar-refractivity contribution in [2.75, 3.05) is 5.32 Å². The first-order valence-corrected chi connectivity index (χ1v) is 9.69. The lowest BCUT2D eigenvalue weighted by Crippen LogP contribution is -2.11. The Labute approximate surface area is 154 Å². The molecule has 1 aromatic heterocycles. The van der Waals surface area contributed by atoms with E-state index in [-0.39, 0.29) is 5.91 Å². The van der Waals surface area contributed by atoms with Crippen LogP contribution in [0.5, 0.6) is 0 Å². The monoisotopic (exact) mass is 373 g/mol. The molecule has 1 heterocycles. The van der Waals surface area contributed by atoms with Crippen LogP contribution in [0.1, 0.15) is 20.8 Å². The van der Waals surface area contributed by atoms with Crippen LogP contribution in [0.2, 0.25) is 5.02 Å². The second kappa shape index (κ2) is 7.88. The van der Waals surface area contributed by atoms with Crippen LogP contribution >= 0.6 is 34.7 Å². The van der Waals surface area contributed by atoms with Crippen molar-refractivity contribution in [3.63, 3.8) is 0 Å². The van der Waals surface area contributed by atoms with Gasteiger partial charge in [0.2, 0.25) is 0 Å². The van der Waals surface area contributed by atoms with E-state index in [0.717, 1.165) is 26.2 Å². The zero-order valence-corrected chi connectivity index (χ0v) is 15.5. The third kappa shape index (κ3) is 4.41. The van der Waals surface area contributed by atoms with Crippen LogP contribution in [-0.2, 0) is 5.75 Å². The molecule has 0 fully saturated rings. The van der Waals surface area contributed by atoms with E-state index in [2.05, 4.69) is 5.32 Å². The van der Waals surface area contributed by atoms with E-state index >= 15 is 0 Å². The molecule has 0 saturated heterocycles. The lowest BCUT2D eigenvalue weighted by atomic mass is 10.2. The van der Waals surface area contributed by atoms with Gasteiger partial charge >= 0.3 is 0 Å². The van der Waals surface area contributed by atoms with E-state index in [9.17, 15) is 4.79 Å². The van der Waals surface area contributed by atoms with Gasteiger partial charge in [0.15, 0.2) is 0 Å². The Morgan fingerprint density at radius 1 is 1.08 bits per heavy atom. The first-order valence-electron chi connectivity index (χ1n) is 7.44. The van der Waals surface area contributed by atoms with Gasteiger partial charge < -0.3 is 5.32 Å². The molecule has 0 spiro atoms. The number of aryl methyl sites for hydroxylation is 1. The summed E-state index contributed by atoms with van der Waals surface area (Å²) in [5.41, 5.74) is 3.16. The van der Waals surface area contributed by atoms with Gasteiger partial charge in [0.05, 0.1) is 0 Å². The Hall–Kier alpha value is -1.75. The normalized spacial score (nSPS) is 10.6. The molecule has 0 aliphatic carbocycles. The van der Waals surface area contributed by atoms with Crippen molar-refractivity contribution in [2.45, 2.75) is 17.6 Å². The Balaban J connectivity index is 1.66. The quantitative estimate of drug-likeness (QED) is 0.535. The zero-order valence-electron chi connectivity index (χ0n) is 13.1. The Morgan fingerprint density at radius 3 is 2.50 bits per heavy atom. The lowest BCUT2D eigenvalue weighted by Gasteiger charge is -2.07. The summed E-state index contributed by atoms with van der Waals surface area (Å²) in [7, 11) is 0. The summed E-state index contributed by atoms with van der Waals surface area (Å²) >= 11 is 9.03. The summed E-state index contributed by atoms with van der Waals surface area (Å²) < 4.78 is 0. The number of rotatable bonds is 5. The predicted octanol–water partition coefficient (Wildman–Crippen LogP) is 6.25. The molecule has 1 N–H and O–H groups in total. The van der Waals surface area contributed by atoms with Crippen molar-refractivity contribution in [2.24, 2.45) is 0 Å². The van der Waals surface area contributed by atoms with Gasteiger partial charge in [-0.2, -0.15) is 0 Å². The molecule has 122 valence electrons. The molecule has 2 nitrogen and oxygen atoms in total. The minimum Gasteiger partial charge on any atom is -0.321 e. The molecule has 0 unspecified atom stereocenters. The number of halogens is 1. The Morgan fingerprint density at radius 2 is 1.79 bits per heavy atom. The number of nitrogens with one attached hydrogen (secondary N) is 1. The number of benzene rings is 2. The second-order valence-electron chi connectivity index (χ2n) is 5.35. The molecule has 3 aromatic rings. The maximum Gasteiger partial charge on any atom is 0.266 e. The average molecular weight is 374 g/mol. The number of carbonyl (C=O) groups is 1. The van der Waals surface area contributed by atoms with Crippen LogP contribution in [0.3, 0.4) is 0 Å². The van der Waals surface area contributed by atoms with Crippen LogP contribution in [0.25, 0.3) is 0 Å². The van der Waals surface area contributed by atoms with Crippen molar-refractivity contribution in [1.82, 2.24) is 0 Å². The van der Waals surface area contributed by atoms with Gasteiger partial charge in [-0.15, -0.1) is 23.1 Å². The first-order chi connectivity index (χ1) is 11.6. The topological polar surface area (TPSA) is 29.1 Å². The predicted molar refractivity (Wildman–Crippen MR) is 104 cm³/mol. The molecule has 0 aliphatic heterocycles. The van der Waals surface area contributed by atoms with Gasteiger partial charge in [-0.05, 0) is 48.2 Å². The molecule has 5 heteroatoms. The number of anilines is 1. The van der Waals surface area contributed by atoms with Gasteiger partial charge in [0.1, 0.15) is 4.88 Å². The molecule has 1 amide bonds. The number of hydrogen-bond donors (Lipinski definition) is 1. The second-order valence-corrected chi connectivity index (χ2v) is 7.72. The molecule has 0 aliphatic rings. The van der Waals surface area contributed by atoms with Crippen LogP contribution < -0.4 is 5.32 Å². The molecular weight excluding hydrogens is 358 g/mol. The summed E-state index contributed by atoms with van der Waals surface area (Å²) in [6.45, 7) is 2.02. The van der Waals surface area contributed by atoms with Gasteiger partial charge in [-0.25, -0.2) is 0 Å². The minimum absolute atomic E-state index is 0.0625. The summed E-state index contributed by atoms with van der Waals surface area (Å²) in [6, 6.07) is 17.6. The number of thiophene rings is 1. The van der Waals surface area contributed by atoms with E-state index in [0.29, 0.717) is 0 Å². The highest BCUT2D eigenvalue weighted by Gasteiger charge is 2.14. The van der Waals surface area contributed by atoms with E-state index in [1.165, 1.54) is 22.5 Å². The molecular formula is C19H16ClNOS2. The standard InChI is InChI=1S/C19H16ClNOS2/c1-13-2-8-16(9-3-13)21-19(22)18-17(10-11-23-18)24-12-14-4-6-15(20)7-5-14/h2-11H,12H2,1H3,(H,21,22). The zero-order chi connectivity index (χ0) is 16.9. The van der Waals surface area contributed by atoms with Crippen LogP contribution in [0.15, 0.2) is 64.9 Å².